The van der Waals surface area contributed by atoms with Gasteiger partial charge in [-0.1, -0.05) is 0 Å². The second-order valence-electron chi connectivity index (χ2n) is 5.36. The molecule has 1 aliphatic rings. The van der Waals surface area contributed by atoms with Crippen LogP contribution in [0.25, 0.3) is 0 Å². The van der Waals surface area contributed by atoms with Gasteiger partial charge in [-0.2, -0.15) is 0 Å². The zero-order valence-electron chi connectivity index (χ0n) is 11.0. The summed E-state index contributed by atoms with van der Waals surface area (Å²) in [5.41, 5.74) is -0.653. The molecule has 0 aliphatic heterocycles. The predicted octanol–water partition coefficient (Wildman–Crippen LogP) is 0.456. The summed E-state index contributed by atoms with van der Waals surface area (Å²) in [6.07, 6.45) is 2.58. The summed E-state index contributed by atoms with van der Waals surface area (Å²) in [6.45, 7) is 6.04. The van der Waals surface area contributed by atoms with Crippen LogP contribution in [-0.2, 0) is 4.74 Å². The van der Waals surface area contributed by atoms with Gasteiger partial charge in [-0.25, -0.2) is 0 Å². The Kier molecular flexibility index (Phi) is 5.18. The van der Waals surface area contributed by atoms with Gasteiger partial charge in [-0.3, -0.25) is 0 Å². The van der Waals surface area contributed by atoms with Crippen molar-refractivity contribution in [1.29, 1.82) is 0 Å². The highest BCUT2D eigenvalue weighted by Gasteiger charge is 2.31. The van der Waals surface area contributed by atoms with Gasteiger partial charge in [0.25, 0.3) is 0 Å². The molecule has 0 aromatic carbocycles. The Bertz CT molecular complexity index is 201. The molecule has 1 saturated carbocycles. The number of hydrogen-bond acceptors (Lipinski definition) is 4. The Labute approximate surface area is 99.0 Å². The molecule has 16 heavy (non-hydrogen) atoms. The largest absolute Gasteiger partial charge is 0.388 e. The molecular formula is C12H26N2O2. The number of rotatable bonds is 7. The van der Waals surface area contributed by atoms with Crippen LogP contribution in [0.3, 0.4) is 0 Å². The lowest BCUT2D eigenvalue weighted by molar-refractivity contribution is -0.0214. The Morgan fingerprint density at radius 2 is 2.06 bits per heavy atom. The Morgan fingerprint density at radius 3 is 2.56 bits per heavy atom. The van der Waals surface area contributed by atoms with Crippen LogP contribution in [0.4, 0.5) is 0 Å². The smallest absolute Gasteiger partial charge is 0.0869 e. The molecule has 1 rings (SSSR count). The maximum absolute atomic E-state index is 10.1. The van der Waals surface area contributed by atoms with E-state index < -0.39 is 5.60 Å². The highest BCUT2D eigenvalue weighted by molar-refractivity contribution is 4.89. The summed E-state index contributed by atoms with van der Waals surface area (Å²) in [6, 6.07) is 0.519. The highest BCUT2D eigenvalue weighted by atomic mass is 16.5. The van der Waals surface area contributed by atoms with Crippen molar-refractivity contribution in [2.45, 2.75) is 44.4 Å². The van der Waals surface area contributed by atoms with E-state index in [1.54, 1.807) is 0 Å². The second kappa shape index (κ2) is 5.96. The van der Waals surface area contributed by atoms with Crippen LogP contribution < -0.4 is 5.32 Å². The average Bonchev–Trinajstić information content (AvgIpc) is 2.06. The number of hydrogen-bond donors (Lipinski definition) is 2. The summed E-state index contributed by atoms with van der Waals surface area (Å²) in [5, 5.41) is 13.5. The minimum atomic E-state index is -0.653. The average molecular weight is 230 g/mol. The number of nitrogens with one attached hydrogen (secondary N) is 1. The maximum Gasteiger partial charge on any atom is 0.0869 e. The predicted molar refractivity (Wildman–Crippen MR) is 65.6 cm³/mol. The molecule has 4 nitrogen and oxygen atoms in total. The third kappa shape index (κ3) is 4.78. The van der Waals surface area contributed by atoms with Gasteiger partial charge in [0, 0.05) is 25.7 Å². The fourth-order valence-electron chi connectivity index (χ4n) is 2.21. The second-order valence-corrected chi connectivity index (χ2v) is 5.36. The first-order chi connectivity index (χ1) is 7.43. The Balaban J connectivity index is 2.11. The lowest BCUT2D eigenvalue weighted by atomic mass is 9.88. The Morgan fingerprint density at radius 1 is 1.44 bits per heavy atom. The molecule has 1 aliphatic carbocycles. The van der Waals surface area contributed by atoms with E-state index in [-0.39, 0.29) is 0 Å². The summed E-state index contributed by atoms with van der Waals surface area (Å²) in [7, 11) is 3.95. The fourth-order valence-corrected chi connectivity index (χ4v) is 2.21. The quantitative estimate of drug-likeness (QED) is 0.667. The molecule has 4 heteroatoms. The van der Waals surface area contributed by atoms with Crippen LogP contribution in [0.15, 0.2) is 0 Å². The van der Waals surface area contributed by atoms with Crippen molar-refractivity contribution >= 4 is 0 Å². The summed E-state index contributed by atoms with van der Waals surface area (Å²) in [4.78, 5) is 2.01. The van der Waals surface area contributed by atoms with Gasteiger partial charge in [0.2, 0.25) is 0 Å². The first-order valence-electron chi connectivity index (χ1n) is 6.15. The molecule has 0 aromatic rings. The zero-order chi connectivity index (χ0) is 12.2. The van der Waals surface area contributed by atoms with Crippen LogP contribution in [0.2, 0.25) is 0 Å². The van der Waals surface area contributed by atoms with Gasteiger partial charge in [-0.05, 0) is 40.8 Å². The third-order valence-corrected chi connectivity index (χ3v) is 2.93. The number of nitrogens with zero attached hydrogens (tertiary/aromatic N) is 1. The van der Waals surface area contributed by atoms with Gasteiger partial charge in [0.1, 0.15) is 0 Å². The summed E-state index contributed by atoms with van der Waals surface area (Å²) < 4.78 is 5.49. The number of aliphatic hydroxyl groups is 1. The van der Waals surface area contributed by atoms with Crippen molar-refractivity contribution in [3.05, 3.63) is 0 Å². The lowest BCUT2D eigenvalue weighted by Gasteiger charge is -2.38. The molecule has 0 saturated heterocycles. The highest BCUT2D eigenvalue weighted by Crippen LogP contribution is 2.23. The zero-order valence-corrected chi connectivity index (χ0v) is 11.0. The molecule has 0 aromatic heterocycles. The van der Waals surface area contributed by atoms with Crippen molar-refractivity contribution in [1.82, 2.24) is 10.2 Å². The standard InChI is InChI=1S/C12H26N2O2/c1-5-16-11-6-10(7-11)13-8-12(2,15)9-14(3)4/h10-11,13,15H,5-9H2,1-4H3. The van der Waals surface area contributed by atoms with Crippen molar-refractivity contribution in [3.8, 4) is 0 Å². The van der Waals surface area contributed by atoms with Gasteiger partial charge >= 0.3 is 0 Å². The molecule has 0 spiro atoms. The molecule has 1 unspecified atom stereocenters. The minimum Gasteiger partial charge on any atom is -0.388 e. The van der Waals surface area contributed by atoms with E-state index in [1.165, 1.54) is 0 Å². The monoisotopic (exact) mass is 230 g/mol. The fraction of sp³-hybridized carbons (Fsp3) is 1.00. The van der Waals surface area contributed by atoms with Crippen molar-refractivity contribution in [3.63, 3.8) is 0 Å². The molecule has 1 atom stereocenters. The lowest BCUT2D eigenvalue weighted by Crippen LogP contribution is -2.52. The SMILES string of the molecule is CCOC1CC(NCC(C)(O)CN(C)C)C1. The molecule has 0 heterocycles. The van der Waals surface area contributed by atoms with Crippen LogP contribution in [-0.4, -0.2) is 61.5 Å². The van der Waals surface area contributed by atoms with E-state index in [0.717, 1.165) is 19.4 Å². The molecule has 0 radical (unpaired) electrons. The molecule has 0 bridgehead atoms. The molecule has 96 valence electrons. The third-order valence-electron chi connectivity index (χ3n) is 2.93. The van der Waals surface area contributed by atoms with E-state index in [1.807, 2.05) is 32.8 Å². The normalized spacial score (nSPS) is 28.9. The van der Waals surface area contributed by atoms with E-state index >= 15 is 0 Å². The number of ether oxygens (including phenoxy) is 1. The van der Waals surface area contributed by atoms with E-state index in [0.29, 0.717) is 25.2 Å². The molecule has 1 fully saturated rings. The Hall–Kier alpha value is -0.160. The van der Waals surface area contributed by atoms with Crippen LogP contribution in [0, 0.1) is 0 Å². The van der Waals surface area contributed by atoms with Gasteiger partial charge in [0.05, 0.1) is 11.7 Å². The van der Waals surface area contributed by atoms with Crippen LogP contribution >= 0.6 is 0 Å². The van der Waals surface area contributed by atoms with Crippen LogP contribution in [0.5, 0.6) is 0 Å². The molecule has 0 amide bonds. The topological polar surface area (TPSA) is 44.7 Å². The van der Waals surface area contributed by atoms with E-state index in [4.69, 9.17) is 4.74 Å². The van der Waals surface area contributed by atoms with Gasteiger partial charge in [0.15, 0.2) is 0 Å². The van der Waals surface area contributed by atoms with E-state index in [2.05, 4.69) is 5.32 Å². The maximum atomic E-state index is 10.1. The summed E-state index contributed by atoms with van der Waals surface area (Å²) >= 11 is 0. The molecule has 2 N–H and O–H groups in total. The molecular weight excluding hydrogens is 204 g/mol. The van der Waals surface area contributed by atoms with Crippen LogP contribution in [0.1, 0.15) is 26.7 Å². The van der Waals surface area contributed by atoms with Gasteiger partial charge < -0.3 is 20.1 Å². The van der Waals surface area contributed by atoms with Crippen molar-refractivity contribution < 1.29 is 9.84 Å². The summed E-state index contributed by atoms with van der Waals surface area (Å²) in [5.74, 6) is 0. The first kappa shape index (κ1) is 13.9. The number of likely N-dealkylation sites (N-methyl/N-ethyl adjacent to an activating group) is 1. The van der Waals surface area contributed by atoms with Crippen molar-refractivity contribution in [2.24, 2.45) is 0 Å². The van der Waals surface area contributed by atoms with Crippen molar-refractivity contribution in [2.75, 3.05) is 33.8 Å². The van der Waals surface area contributed by atoms with Gasteiger partial charge in [-0.15, -0.1) is 0 Å². The minimum absolute atomic E-state index is 0.432. The first-order valence-corrected chi connectivity index (χ1v) is 6.15. The van der Waals surface area contributed by atoms with E-state index in [9.17, 15) is 5.11 Å².